The standard InChI is InChI=1S/C15H23NO3/c1-3-13(8-10-17)16-15(18)9-11-19-14-6-4-12(2)5-7-14/h4-7,13,17H,3,8-11H2,1-2H3,(H,16,18). The predicted molar refractivity (Wildman–Crippen MR) is 75.2 cm³/mol. The lowest BCUT2D eigenvalue weighted by Crippen LogP contribution is -2.35. The summed E-state index contributed by atoms with van der Waals surface area (Å²) in [5, 5.41) is 11.7. The van der Waals surface area contributed by atoms with Crippen LogP contribution >= 0.6 is 0 Å². The number of aliphatic hydroxyl groups excluding tert-OH is 1. The second-order valence-electron chi connectivity index (χ2n) is 4.60. The van der Waals surface area contributed by atoms with E-state index in [1.807, 2.05) is 38.1 Å². The highest BCUT2D eigenvalue weighted by Crippen LogP contribution is 2.11. The Labute approximate surface area is 114 Å². The van der Waals surface area contributed by atoms with Crippen LogP contribution in [0.15, 0.2) is 24.3 Å². The van der Waals surface area contributed by atoms with Crippen molar-refractivity contribution in [3.05, 3.63) is 29.8 Å². The number of ether oxygens (including phenoxy) is 1. The summed E-state index contributed by atoms with van der Waals surface area (Å²) in [6, 6.07) is 7.80. The van der Waals surface area contributed by atoms with Crippen molar-refractivity contribution in [2.45, 2.75) is 39.2 Å². The molecule has 0 saturated heterocycles. The molecule has 106 valence electrons. The summed E-state index contributed by atoms with van der Waals surface area (Å²) in [4.78, 5) is 11.7. The van der Waals surface area contributed by atoms with Crippen molar-refractivity contribution in [2.75, 3.05) is 13.2 Å². The van der Waals surface area contributed by atoms with Crippen molar-refractivity contribution in [2.24, 2.45) is 0 Å². The predicted octanol–water partition coefficient (Wildman–Crippen LogP) is 2.04. The van der Waals surface area contributed by atoms with Crippen LogP contribution in [0.3, 0.4) is 0 Å². The van der Waals surface area contributed by atoms with Gasteiger partial charge in [0.25, 0.3) is 0 Å². The van der Waals surface area contributed by atoms with Gasteiger partial charge in [-0.05, 0) is 31.9 Å². The number of carbonyl (C=O) groups is 1. The van der Waals surface area contributed by atoms with E-state index < -0.39 is 0 Å². The van der Waals surface area contributed by atoms with Gasteiger partial charge in [0.1, 0.15) is 5.75 Å². The van der Waals surface area contributed by atoms with Gasteiger partial charge in [0.2, 0.25) is 5.91 Å². The molecule has 4 nitrogen and oxygen atoms in total. The van der Waals surface area contributed by atoms with Crippen LogP contribution < -0.4 is 10.1 Å². The van der Waals surface area contributed by atoms with Gasteiger partial charge in [-0.2, -0.15) is 0 Å². The Balaban J connectivity index is 2.24. The number of nitrogens with one attached hydrogen (secondary N) is 1. The normalized spacial score (nSPS) is 11.9. The van der Waals surface area contributed by atoms with E-state index in [-0.39, 0.29) is 18.6 Å². The maximum Gasteiger partial charge on any atom is 0.223 e. The highest BCUT2D eigenvalue weighted by molar-refractivity contribution is 5.76. The third kappa shape index (κ3) is 6.25. The van der Waals surface area contributed by atoms with Crippen LogP contribution in [-0.2, 0) is 4.79 Å². The summed E-state index contributed by atoms with van der Waals surface area (Å²) in [5.74, 6) is 0.744. The SMILES string of the molecule is CCC(CCO)NC(=O)CCOc1ccc(C)cc1. The average molecular weight is 265 g/mol. The Morgan fingerprint density at radius 2 is 2.05 bits per heavy atom. The van der Waals surface area contributed by atoms with Crippen LogP contribution in [0, 0.1) is 6.92 Å². The zero-order chi connectivity index (χ0) is 14.1. The number of rotatable bonds is 8. The number of hydrogen-bond acceptors (Lipinski definition) is 3. The zero-order valence-electron chi connectivity index (χ0n) is 11.7. The minimum absolute atomic E-state index is 0.0348. The molecule has 4 heteroatoms. The van der Waals surface area contributed by atoms with Crippen LogP contribution in [0.4, 0.5) is 0 Å². The molecule has 0 heterocycles. The Bertz CT molecular complexity index is 375. The van der Waals surface area contributed by atoms with Crippen LogP contribution in [0.25, 0.3) is 0 Å². The van der Waals surface area contributed by atoms with E-state index in [0.29, 0.717) is 19.4 Å². The molecule has 0 aliphatic carbocycles. The summed E-state index contributed by atoms with van der Waals surface area (Å²) in [5.41, 5.74) is 1.18. The number of amides is 1. The van der Waals surface area contributed by atoms with Gasteiger partial charge in [-0.3, -0.25) is 4.79 Å². The molecule has 0 aromatic heterocycles. The van der Waals surface area contributed by atoms with Crippen LogP contribution in [0.1, 0.15) is 31.7 Å². The first-order valence-corrected chi connectivity index (χ1v) is 6.75. The lowest BCUT2D eigenvalue weighted by Gasteiger charge is -2.15. The molecule has 2 N–H and O–H groups in total. The molecular weight excluding hydrogens is 242 g/mol. The number of aliphatic hydroxyl groups is 1. The largest absolute Gasteiger partial charge is 0.493 e. The zero-order valence-corrected chi connectivity index (χ0v) is 11.7. The lowest BCUT2D eigenvalue weighted by molar-refractivity contribution is -0.122. The summed E-state index contributed by atoms with van der Waals surface area (Å²) in [6.07, 6.45) is 1.75. The van der Waals surface area contributed by atoms with Crippen LogP contribution in [-0.4, -0.2) is 30.3 Å². The minimum Gasteiger partial charge on any atom is -0.493 e. The second-order valence-corrected chi connectivity index (χ2v) is 4.60. The Morgan fingerprint density at radius 3 is 2.63 bits per heavy atom. The molecule has 0 saturated carbocycles. The number of aryl methyl sites for hydroxylation is 1. The smallest absolute Gasteiger partial charge is 0.223 e. The van der Waals surface area contributed by atoms with Gasteiger partial charge in [-0.25, -0.2) is 0 Å². The fourth-order valence-electron chi connectivity index (χ4n) is 1.73. The summed E-state index contributed by atoms with van der Waals surface area (Å²) >= 11 is 0. The second kappa shape index (κ2) is 8.53. The first-order chi connectivity index (χ1) is 9.15. The van der Waals surface area contributed by atoms with Gasteiger partial charge in [-0.1, -0.05) is 24.6 Å². The van der Waals surface area contributed by atoms with Gasteiger partial charge in [0.05, 0.1) is 13.0 Å². The van der Waals surface area contributed by atoms with Crippen molar-refractivity contribution in [1.29, 1.82) is 0 Å². The van der Waals surface area contributed by atoms with Crippen molar-refractivity contribution in [3.8, 4) is 5.75 Å². The Hall–Kier alpha value is -1.55. The van der Waals surface area contributed by atoms with E-state index in [9.17, 15) is 4.79 Å². The van der Waals surface area contributed by atoms with Crippen molar-refractivity contribution in [3.63, 3.8) is 0 Å². The topological polar surface area (TPSA) is 58.6 Å². The monoisotopic (exact) mass is 265 g/mol. The van der Waals surface area contributed by atoms with E-state index in [1.54, 1.807) is 0 Å². The molecule has 0 bridgehead atoms. The molecule has 0 aliphatic rings. The molecule has 1 aromatic rings. The summed E-state index contributed by atoms with van der Waals surface area (Å²) in [6.45, 7) is 4.47. The first kappa shape index (κ1) is 15.5. The highest BCUT2D eigenvalue weighted by atomic mass is 16.5. The first-order valence-electron chi connectivity index (χ1n) is 6.75. The highest BCUT2D eigenvalue weighted by Gasteiger charge is 2.09. The van der Waals surface area contributed by atoms with Crippen molar-refractivity contribution in [1.82, 2.24) is 5.32 Å². The molecule has 0 spiro atoms. The third-order valence-electron chi connectivity index (χ3n) is 2.95. The quantitative estimate of drug-likeness (QED) is 0.756. The van der Waals surface area contributed by atoms with E-state index in [0.717, 1.165) is 12.2 Å². The van der Waals surface area contributed by atoms with E-state index >= 15 is 0 Å². The molecule has 1 rings (SSSR count). The molecule has 0 radical (unpaired) electrons. The van der Waals surface area contributed by atoms with Crippen LogP contribution in [0.2, 0.25) is 0 Å². The Kier molecular flexibility index (Phi) is 6.97. The van der Waals surface area contributed by atoms with Gasteiger partial charge >= 0.3 is 0 Å². The van der Waals surface area contributed by atoms with Crippen molar-refractivity contribution < 1.29 is 14.6 Å². The van der Waals surface area contributed by atoms with Crippen molar-refractivity contribution >= 4 is 5.91 Å². The molecule has 0 fully saturated rings. The van der Waals surface area contributed by atoms with E-state index in [2.05, 4.69) is 5.32 Å². The average Bonchev–Trinajstić information content (AvgIpc) is 2.40. The molecule has 1 unspecified atom stereocenters. The summed E-state index contributed by atoms with van der Waals surface area (Å²) in [7, 11) is 0. The van der Waals surface area contributed by atoms with E-state index in [1.165, 1.54) is 5.56 Å². The third-order valence-corrected chi connectivity index (χ3v) is 2.95. The maximum absolute atomic E-state index is 11.7. The van der Waals surface area contributed by atoms with Gasteiger partial charge in [0.15, 0.2) is 0 Å². The number of carbonyl (C=O) groups excluding carboxylic acids is 1. The Morgan fingerprint density at radius 1 is 1.37 bits per heavy atom. The fraction of sp³-hybridized carbons (Fsp3) is 0.533. The number of benzene rings is 1. The number of hydrogen-bond donors (Lipinski definition) is 2. The minimum atomic E-state index is -0.0348. The summed E-state index contributed by atoms with van der Waals surface area (Å²) < 4.78 is 5.50. The maximum atomic E-state index is 11.7. The molecule has 1 aromatic carbocycles. The molecule has 0 aliphatic heterocycles. The molecule has 1 amide bonds. The van der Waals surface area contributed by atoms with Gasteiger partial charge in [0, 0.05) is 12.6 Å². The van der Waals surface area contributed by atoms with Gasteiger partial charge in [-0.15, -0.1) is 0 Å². The fourth-order valence-corrected chi connectivity index (χ4v) is 1.73. The lowest BCUT2D eigenvalue weighted by atomic mass is 10.1. The molecule has 1 atom stereocenters. The van der Waals surface area contributed by atoms with Crippen LogP contribution in [0.5, 0.6) is 5.75 Å². The molecular formula is C15H23NO3. The molecule has 19 heavy (non-hydrogen) atoms. The van der Waals surface area contributed by atoms with Gasteiger partial charge < -0.3 is 15.2 Å². The van der Waals surface area contributed by atoms with E-state index in [4.69, 9.17) is 9.84 Å².